The van der Waals surface area contributed by atoms with E-state index in [0.29, 0.717) is 0 Å². The third-order valence-corrected chi connectivity index (χ3v) is 1.00. The van der Waals surface area contributed by atoms with Crippen LogP contribution in [-0.4, -0.2) is 17.9 Å². The number of carbonyl (C=O) groups excluding carboxylic acids is 2. The van der Waals surface area contributed by atoms with E-state index in [4.69, 9.17) is 0 Å². The van der Waals surface area contributed by atoms with Gasteiger partial charge in [-0.05, 0) is 0 Å². The maximum absolute atomic E-state index is 11.6. The van der Waals surface area contributed by atoms with Gasteiger partial charge in [0, 0.05) is 12.0 Å². The molecule has 0 aromatic rings. The van der Waals surface area contributed by atoms with Crippen molar-refractivity contribution in [3.63, 3.8) is 0 Å². The number of hydrogen-bond acceptors (Lipinski definition) is 3. The number of carboxylic acids is 1. The van der Waals surface area contributed by atoms with E-state index in [1.54, 1.807) is 0 Å². The lowest BCUT2D eigenvalue weighted by Crippen LogP contribution is -2.32. The van der Waals surface area contributed by atoms with Crippen LogP contribution < -0.4 is 5.11 Å². The van der Waals surface area contributed by atoms with Gasteiger partial charge in [0.15, 0.2) is 5.78 Å². The summed E-state index contributed by atoms with van der Waals surface area (Å²) in [6, 6.07) is 0. The number of rotatable bonds is 3. The number of aliphatic carboxylic acids is 1. The first-order chi connectivity index (χ1) is 5.25. The highest BCUT2D eigenvalue weighted by Gasteiger charge is 2.32. The Morgan fingerprint density at radius 1 is 1.33 bits per heavy atom. The average Bonchev–Trinajstić information content (AvgIpc) is 1.85. The summed E-state index contributed by atoms with van der Waals surface area (Å²) in [4.78, 5) is 19.9. The molecule has 3 nitrogen and oxygen atoms in total. The second-order valence-electron chi connectivity index (χ2n) is 1.99. The van der Waals surface area contributed by atoms with Gasteiger partial charge < -0.3 is 9.90 Å². The van der Waals surface area contributed by atoms with Crippen molar-refractivity contribution in [1.82, 2.24) is 0 Å². The highest BCUT2D eigenvalue weighted by molar-refractivity contribution is 6.32. The third kappa shape index (κ3) is 3.18. The molecule has 0 saturated carbocycles. The van der Waals surface area contributed by atoms with Crippen LogP contribution in [0.2, 0.25) is 0 Å². The topological polar surface area (TPSA) is 57.2 Å². The van der Waals surface area contributed by atoms with Gasteiger partial charge in [0.25, 0.3) is 0 Å². The van der Waals surface area contributed by atoms with Gasteiger partial charge >= 0.3 is 6.18 Å². The molecule has 0 amide bonds. The molecular formula is C6H4F3O3-. The molecule has 0 N–H and O–H groups in total. The fourth-order valence-electron chi connectivity index (χ4n) is 0.366. The van der Waals surface area contributed by atoms with Gasteiger partial charge in [-0.2, -0.15) is 13.2 Å². The molecule has 0 aliphatic carbocycles. The Morgan fingerprint density at radius 2 is 1.75 bits per heavy atom. The third-order valence-electron chi connectivity index (χ3n) is 1.00. The van der Waals surface area contributed by atoms with Crippen molar-refractivity contribution in [3.8, 4) is 0 Å². The highest BCUT2D eigenvalue weighted by Crippen LogP contribution is 2.26. The first-order valence-corrected chi connectivity index (χ1v) is 2.74. The minimum Gasteiger partial charge on any atom is -0.542 e. The molecule has 0 aliphatic rings. The van der Waals surface area contributed by atoms with Gasteiger partial charge in [0.1, 0.15) is 5.97 Å². The second-order valence-corrected chi connectivity index (χ2v) is 1.99. The van der Waals surface area contributed by atoms with Crippen molar-refractivity contribution in [3.05, 3.63) is 12.2 Å². The van der Waals surface area contributed by atoms with E-state index >= 15 is 0 Å². The van der Waals surface area contributed by atoms with Crippen molar-refractivity contribution in [1.29, 1.82) is 0 Å². The smallest absolute Gasteiger partial charge is 0.412 e. The molecule has 0 rings (SSSR count). The zero-order valence-corrected chi connectivity index (χ0v) is 5.77. The fraction of sp³-hybridized carbons (Fsp3) is 0.333. The number of hydrogen-bond donors (Lipinski definition) is 0. The molecule has 0 aliphatic heterocycles. The first-order valence-electron chi connectivity index (χ1n) is 2.74. The molecule has 68 valence electrons. The second kappa shape index (κ2) is 3.38. The minimum absolute atomic E-state index is 1.26. The predicted octanol–water partition coefficient (Wildman–Crippen LogP) is -0.186. The maximum atomic E-state index is 11.6. The number of halogens is 3. The van der Waals surface area contributed by atoms with Gasteiger partial charge in [-0.15, -0.1) is 0 Å². The van der Waals surface area contributed by atoms with Crippen molar-refractivity contribution >= 4 is 11.8 Å². The standard InChI is InChI=1S/C6H5F3O3/c1-3(6(7,8)9)2-4(10)5(11)12/h1-2H2,(H,11,12)/p-1. The summed E-state index contributed by atoms with van der Waals surface area (Å²) in [6.07, 6.45) is -5.99. The van der Waals surface area contributed by atoms with Crippen LogP contribution in [0.4, 0.5) is 13.2 Å². The molecule has 0 fully saturated rings. The molecule has 6 heteroatoms. The van der Waals surface area contributed by atoms with Gasteiger partial charge in [-0.3, -0.25) is 4.79 Å². The normalized spacial score (nSPS) is 10.9. The number of carboxylic acid groups (broad SMARTS) is 1. The van der Waals surface area contributed by atoms with Crippen LogP contribution in [0.15, 0.2) is 12.2 Å². The lowest BCUT2D eigenvalue weighted by atomic mass is 10.1. The van der Waals surface area contributed by atoms with Crippen LogP contribution in [0.3, 0.4) is 0 Å². The summed E-state index contributed by atoms with van der Waals surface area (Å²) < 4.78 is 34.8. The number of allylic oxidation sites excluding steroid dienone is 1. The quantitative estimate of drug-likeness (QED) is 0.448. The minimum atomic E-state index is -4.73. The summed E-state index contributed by atoms with van der Waals surface area (Å²) in [5.41, 5.74) is -1.39. The number of ketones is 1. The van der Waals surface area contributed by atoms with Gasteiger partial charge in [-0.1, -0.05) is 6.58 Å². The van der Waals surface area contributed by atoms with E-state index in [1.165, 1.54) is 0 Å². The van der Waals surface area contributed by atoms with Crippen LogP contribution in [0.5, 0.6) is 0 Å². The van der Waals surface area contributed by atoms with Gasteiger partial charge in [0.05, 0.1) is 0 Å². The van der Waals surface area contributed by atoms with E-state index in [1.807, 2.05) is 0 Å². The highest BCUT2D eigenvalue weighted by atomic mass is 19.4. The lowest BCUT2D eigenvalue weighted by Gasteiger charge is -2.08. The van der Waals surface area contributed by atoms with Crippen LogP contribution in [-0.2, 0) is 9.59 Å². The molecular weight excluding hydrogens is 177 g/mol. The molecule has 12 heavy (non-hydrogen) atoms. The largest absolute Gasteiger partial charge is 0.542 e. The van der Waals surface area contributed by atoms with Crippen LogP contribution in [0, 0.1) is 0 Å². The van der Waals surface area contributed by atoms with Crippen molar-refractivity contribution in [2.24, 2.45) is 0 Å². The molecule has 0 aromatic heterocycles. The molecule has 0 radical (unpaired) electrons. The van der Waals surface area contributed by atoms with E-state index in [9.17, 15) is 27.9 Å². The molecule has 0 aromatic carbocycles. The maximum Gasteiger partial charge on any atom is 0.412 e. The molecule has 0 saturated heterocycles. The van der Waals surface area contributed by atoms with Gasteiger partial charge in [0.2, 0.25) is 0 Å². The fourth-order valence-corrected chi connectivity index (χ4v) is 0.366. The molecule has 0 unspecified atom stereocenters. The Balaban J connectivity index is 4.21. The van der Waals surface area contributed by atoms with Crippen molar-refractivity contribution in [2.45, 2.75) is 12.6 Å². The summed E-state index contributed by atoms with van der Waals surface area (Å²) in [5, 5.41) is 9.69. The summed E-state index contributed by atoms with van der Waals surface area (Å²) in [6.45, 7) is 2.51. The molecule has 0 bridgehead atoms. The van der Waals surface area contributed by atoms with Crippen molar-refractivity contribution < 1.29 is 27.9 Å². The predicted molar refractivity (Wildman–Crippen MR) is 29.8 cm³/mol. The van der Waals surface area contributed by atoms with Crippen LogP contribution in [0.1, 0.15) is 6.42 Å². The Morgan fingerprint density at radius 3 is 2.00 bits per heavy atom. The average molecular weight is 181 g/mol. The Labute approximate surface area is 65.5 Å². The van der Waals surface area contributed by atoms with E-state index < -0.39 is 29.9 Å². The van der Waals surface area contributed by atoms with E-state index in [-0.39, 0.29) is 0 Å². The van der Waals surface area contributed by atoms with Crippen LogP contribution >= 0.6 is 0 Å². The monoisotopic (exact) mass is 181 g/mol. The Hall–Kier alpha value is -1.33. The van der Waals surface area contributed by atoms with E-state index in [0.717, 1.165) is 0 Å². The molecule has 0 heterocycles. The lowest BCUT2D eigenvalue weighted by molar-refractivity contribution is -0.300. The van der Waals surface area contributed by atoms with Crippen LogP contribution in [0.25, 0.3) is 0 Å². The molecule has 0 spiro atoms. The summed E-state index contributed by atoms with van der Waals surface area (Å²) in [7, 11) is 0. The van der Waals surface area contributed by atoms with Gasteiger partial charge in [-0.25, -0.2) is 0 Å². The first kappa shape index (κ1) is 10.7. The number of Topliss-reactive ketones (excluding diaryl/α,β-unsaturated/α-hetero) is 1. The number of alkyl halides is 3. The Bertz CT molecular complexity index is 229. The van der Waals surface area contributed by atoms with Crippen molar-refractivity contribution in [2.75, 3.05) is 0 Å². The zero-order valence-electron chi connectivity index (χ0n) is 5.77. The number of carbonyl (C=O) groups is 2. The SMILES string of the molecule is C=C(CC(=O)C(=O)[O-])C(F)(F)F. The summed E-state index contributed by atoms with van der Waals surface area (Å²) >= 11 is 0. The van der Waals surface area contributed by atoms with E-state index in [2.05, 4.69) is 6.58 Å². The zero-order chi connectivity index (χ0) is 9.94. The summed E-state index contributed by atoms with van der Waals surface area (Å²) in [5.74, 6) is -3.77. The Kier molecular flexibility index (Phi) is 3.00. The molecule has 0 atom stereocenters.